The molecule has 1 aromatic rings. The van der Waals surface area contributed by atoms with Crippen molar-refractivity contribution in [3.05, 3.63) is 35.1 Å². The first-order chi connectivity index (χ1) is 7.18. The van der Waals surface area contributed by atoms with Crippen molar-refractivity contribution in [1.29, 1.82) is 0 Å². The van der Waals surface area contributed by atoms with E-state index in [-0.39, 0.29) is 11.9 Å². The zero-order valence-corrected chi connectivity index (χ0v) is 9.69. The van der Waals surface area contributed by atoms with E-state index < -0.39 is 0 Å². The van der Waals surface area contributed by atoms with Crippen molar-refractivity contribution in [2.45, 2.75) is 31.1 Å². The predicted octanol–water partition coefficient (Wildman–Crippen LogP) is 3.03. The molecule has 0 aromatic heterocycles. The minimum absolute atomic E-state index is 0.0538. The van der Waals surface area contributed by atoms with Crippen LogP contribution in [-0.4, -0.2) is 11.0 Å². The summed E-state index contributed by atoms with van der Waals surface area (Å²) in [6.45, 7) is 1.93. The van der Waals surface area contributed by atoms with Gasteiger partial charge in [0, 0.05) is 11.3 Å². The van der Waals surface area contributed by atoms with Crippen molar-refractivity contribution in [1.82, 2.24) is 0 Å². The van der Waals surface area contributed by atoms with Gasteiger partial charge in [-0.15, -0.1) is 0 Å². The van der Waals surface area contributed by atoms with Gasteiger partial charge in [0.2, 0.25) is 0 Å². The highest BCUT2D eigenvalue weighted by Gasteiger charge is 2.24. The molecule has 1 nitrogen and oxygen atoms in total. The average molecular weight is 225 g/mol. The van der Waals surface area contributed by atoms with Gasteiger partial charge >= 0.3 is 0 Å². The van der Waals surface area contributed by atoms with Crippen molar-refractivity contribution in [3.63, 3.8) is 0 Å². The first-order valence-electron chi connectivity index (χ1n) is 5.31. The van der Waals surface area contributed by atoms with Gasteiger partial charge in [0.05, 0.1) is 0 Å². The van der Waals surface area contributed by atoms with Gasteiger partial charge in [0.25, 0.3) is 0 Å². The molecule has 1 heterocycles. The molecular formula is C12H16FNS. The van der Waals surface area contributed by atoms with Crippen LogP contribution in [0.25, 0.3) is 0 Å². The molecule has 0 amide bonds. The number of rotatable bonds is 2. The van der Waals surface area contributed by atoms with Crippen LogP contribution in [0.15, 0.2) is 18.2 Å². The lowest BCUT2D eigenvalue weighted by Gasteiger charge is -2.20. The van der Waals surface area contributed by atoms with Gasteiger partial charge in [-0.3, -0.25) is 0 Å². The second-order valence-corrected chi connectivity index (χ2v) is 5.43. The highest BCUT2D eigenvalue weighted by Crippen LogP contribution is 2.35. The highest BCUT2D eigenvalue weighted by atomic mass is 32.2. The molecule has 0 radical (unpaired) electrons. The number of halogens is 1. The molecule has 0 spiro atoms. The van der Waals surface area contributed by atoms with E-state index in [1.165, 1.54) is 24.7 Å². The quantitative estimate of drug-likeness (QED) is 0.837. The fraction of sp³-hybridized carbons (Fsp3) is 0.500. The van der Waals surface area contributed by atoms with Gasteiger partial charge < -0.3 is 5.73 Å². The van der Waals surface area contributed by atoms with E-state index in [1.54, 1.807) is 6.07 Å². The van der Waals surface area contributed by atoms with E-state index in [4.69, 9.17) is 5.73 Å². The Bertz CT molecular complexity index is 347. The van der Waals surface area contributed by atoms with E-state index in [0.29, 0.717) is 5.25 Å². The van der Waals surface area contributed by atoms with Crippen LogP contribution in [0, 0.1) is 12.7 Å². The van der Waals surface area contributed by atoms with E-state index in [2.05, 4.69) is 0 Å². The van der Waals surface area contributed by atoms with Gasteiger partial charge in [0.1, 0.15) is 5.82 Å². The van der Waals surface area contributed by atoms with Crippen molar-refractivity contribution in [3.8, 4) is 0 Å². The maximum absolute atomic E-state index is 12.9. The molecule has 2 rings (SSSR count). The van der Waals surface area contributed by atoms with E-state index in [1.807, 2.05) is 24.8 Å². The summed E-state index contributed by atoms with van der Waals surface area (Å²) in [5.41, 5.74) is 8.27. The maximum Gasteiger partial charge on any atom is 0.123 e. The molecular weight excluding hydrogens is 209 g/mol. The highest BCUT2D eigenvalue weighted by molar-refractivity contribution is 8.00. The van der Waals surface area contributed by atoms with Crippen molar-refractivity contribution in [2.75, 3.05) is 5.75 Å². The van der Waals surface area contributed by atoms with Gasteiger partial charge in [-0.2, -0.15) is 11.8 Å². The first-order valence-corrected chi connectivity index (χ1v) is 6.36. The third-order valence-corrected chi connectivity index (χ3v) is 4.44. The van der Waals surface area contributed by atoms with Gasteiger partial charge in [-0.25, -0.2) is 4.39 Å². The Hall–Kier alpha value is -0.540. The Labute approximate surface area is 94.2 Å². The number of benzene rings is 1. The normalized spacial score (nSPS) is 23.0. The Kier molecular flexibility index (Phi) is 3.32. The molecule has 0 aliphatic carbocycles. The SMILES string of the molecule is Cc1cc(F)ccc1C(N)C1CCCS1. The summed E-state index contributed by atoms with van der Waals surface area (Å²) in [6, 6.07) is 4.95. The Balaban J connectivity index is 2.20. The fourth-order valence-corrected chi connectivity index (χ4v) is 3.42. The molecule has 2 atom stereocenters. The molecule has 1 aliphatic heterocycles. The Morgan fingerprint density at radius 2 is 2.33 bits per heavy atom. The molecule has 1 aliphatic rings. The second kappa shape index (κ2) is 4.54. The number of aryl methyl sites for hydroxylation is 1. The Morgan fingerprint density at radius 1 is 1.53 bits per heavy atom. The molecule has 2 N–H and O–H groups in total. The summed E-state index contributed by atoms with van der Waals surface area (Å²) in [5, 5.41) is 0.508. The van der Waals surface area contributed by atoms with E-state index in [9.17, 15) is 4.39 Å². The van der Waals surface area contributed by atoms with Crippen LogP contribution < -0.4 is 5.73 Å². The molecule has 1 fully saturated rings. The summed E-state index contributed by atoms with van der Waals surface area (Å²) in [6.07, 6.45) is 2.44. The largest absolute Gasteiger partial charge is 0.323 e. The molecule has 82 valence electrons. The van der Waals surface area contributed by atoms with Crippen molar-refractivity contribution < 1.29 is 4.39 Å². The molecule has 0 saturated carbocycles. The van der Waals surface area contributed by atoms with Crippen molar-refractivity contribution in [2.24, 2.45) is 5.73 Å². The lowest BCUT2D eigenvalue weighted by molar-refractivity contribution is 0.615. The van der Waals surface area contributed by atoms with Crippen LogP contribution >= 0.6 is 11.8 Å². The minimum atomic E-state index is -0.178. The lowest BCUT2D eigenvalue weighted by Crippen LogP contribution is -2.22. The number of hydrogen-bond acceptors (Lipinski definition) is 2. The summed E-state index contributed by atoms with van der Waals surface area (Å²) in [5.74, 6) is 1.03. The fourth-order valence-electron chi connectivity index (χ4n) is 2.10. The van der Waals surface area contributed by atoms with Crippen LogP contribution in [0.5, 0.6) is 0 Å². The molecule has 15 heavy (non-hydrogen) atoms. The third kappa shape index (κ3) is 2.34. The zero-order chi connectivity index (χ0) is 10.8. The molecule has 1 saturated heterocycles. The van der Waals surface area contributed by atoms with Crippen LogP contribution in [0.1, 0.15) is 30.0 Å². The second-order valence-electron chi connectivity index (χ2n) is 4.08. The van der Waals surface area contributed by atoms with Crippen molar-refractivity contribution >= 4 is 11.8 Å². The molecule has 2 unspecified atom stereocenters. The van der Waals surface area contributed by atoms with Gasteiger partial charge in [-0.1, -0.05) is 6.07 Å². The van der Waals surface area contributed by atoms with Gasteiger partial charge in [0.15, 0.2) is 0 Å². The number of nitrogens with two attached hydrogens (primary N) is 1. The monoisotopic (exact) mass is 225 g/mol. The van der Waals surface area contributed by atoms with Crippen LogP contribution in [-0.2, 0) is 0 Å². The Morgan fingerprint density at radius 3 is 2.93 bits per heavy atom. The van der Waals surface area contributed by atoms with Crippen LogP contribution in [0.4, 0.5) is 4.39 Å². The predicted molar refractivity (Wildman–Crippen MR) is 63.5 cm³/mol. The first kappa shape index (κ1) is 11.0. The number of thioether (sulfide) groups is 1. The zero-order valence-electron chi connectivity index (χ0n) is 8.87. The van der Waals surface area contributed by atoms with Crippen LogP contribution in [0.2, 0.25) is 0 Å². The minimum Gasteiger partial charge on any atom is -0.323 e. The van der Waals surface area contributed by atoms with E-state index in [0.717, 1.165) is 11.1 Å². The molecule has 3 heteroatoms. The van der Waals surface area contributed by atoms with Gasteiger partial charge in [-0.05, 0) is 48.8 Å². The average Bonchev–Trinajstić information content (AvgIpc) is 2.69. The lowest BCUT2D eigenvalue weighted by atomic mass is 9.97. The molecule has 1 aromatic carbocycles. The number of hydrogen-bond donors (Lipinski definition) is 1. The summed E-state index contributed by atoms with van der Waals surface area (Å²) in [7, 11) is 0. The van der Waals surface area contributed by atoms with E-state index >= 15 is 0 Å². The van der Waals surface area contributed by atoms with Crippen LogP contribution in [0.3, 0.4) is 0 Å². The third-order valence-electron chi connectivity index (χ3n) is 2.96. The topological polar surface area (TPSA) is 26.0 Å². The molecule has 0 bridgehead atoms. The summed E-state index contributed by atoms with van der Waals surface area (Å²) >= 11 is 1.94. The smallest absolute Gasteiger partial charge is 0.123 e. The summed E-state index contributed by atoms with van der Waals surface area (Å²) in [4.78, 5) is 0. The maximum atomic E-state index is 12.9. The summed E-state index contributed by atoms with van der Waals surface area (Å²) < 4.78 is 12.9. The standard InChI is InChI=1S/C12H16FNS/c1-8-7-9(13)4-5-10(8)12(14)11-3-2-6-15-11/h4-5,7,11-12H,2-3,6,14H2,1H3.